The molecule has 122 valence electrons. The van der Waals surface area contributed by atoms with Crippen LogP contribution in [0.3, 0.4) is 0 Å². The van der Waals surface area contributed by atoms with Crippen LogP contribution >= 0.6 is 11.6 Å². The van der Waals surface area contributed by atoms with E-state index in [1.54, 1.807) is 18.2 Å². The number of carbonyl (C=O) groups excluding carboxylic acids is 1. The molecule has 7 heteroatoms. The summed E-state index contributed by atoms with van der Waals surface area (Å²) in [5.74, 6) is -0.342. The van der Waals surface area contributed by atoms with Crippen molar-refractivity contribution in [2.45, 2.75) is 19.2 Å². The number of hydrogen-bond donors (Lipinski definition) is 1. The monoisotopic (exact) mass is 343 g/mol. The number of halogens is 4. The van der Waals surface area contributed by atoms with Crippen molar-refractivity contribution in [1.82, 2.24) is 0 Å². The molecule has 0 heterocycles. The summed E-state index contributed by atoms with van der Waals surface area (Å²) in [5.41, 5.74) is -1.23. The lowest BCUT2D eigenvalue weighted by molar-refractivity contribution is -0.137. The molecule has 0 spiro atoms. The van der Waals surface area contributed by atoms with E-state index in [4.69, 9.17) is 16.3 Å². The van der Waals surface area contributed by atoms with E-state index >= 15 is 0 Å². The van der Waals surface area contributed by atoms with Crippen LogP contribution in [0.15, 0.2) is 48.5 Å². The van der Waals surface area contributed by atoms with Crippen molar-refractivity contribution < 1.29 is 22.7 Å². The molecule has 0 aliphatic heterocycles. The molecule has 1 amide bonds. The number of benzene rings is 2. The number of alkyl halides is 3. The van der Waals surface area contributed by atoms with E-state index < -0.39 is 23.8 Å². The van der Waals surface area contributed by atoms with Gasteiger partial charge in [-0.15, -0.1) is 0 Å². The third kappa shape index (κ3) is 4.63. The van der Waals surface area contributed by atoms with Gasteiger partial charge < -0.3 is 10.1 Å². The quantitative estimate of drug-likeness (QED) is 0.868. The van der Waals surface area contributed by atoms with Gasteiger partial charge in [0.15, 0.2) is 6.10 Å². The van der Waals surface area contributed by atoms with E-state index in [-0.39, 0.29) is 5.69 Å². The number of hydrogen-bond acceptors (Lipinski definition) is 2. The van der Waals surface area contributed by atoms with Gasteiger partial charge in [0.25, 0.3) is 5.91 Å². The predicted molar refractivity (Wildman–Crippen MR) is 81.6 cm³/mol. The molecule has 0 aliphatic carbocycles. The molecule has 1 atom stereocenters. The second-order valence-electron chi connectivity index (χ2n) is 4.75. The van der Waals surface area contributed by atoms with E-state index in [1.807, 2.05) is 0 Å². The molecular weight excluding hydrogens is 331 g/mol. The van der Waals surface area contributed by atoms with E-state index in [2.05, 4.69) is 5.32 Å². The molecule has 0 fully saturated rings. The minimum Gasteiger partial charge on any atom is -0.481 e. The highest BCUT2D eigenvalue weighted by atomic mass is 35.5. The first-order chi connectivity index (χ1) is 10.8. The van der Waals surface area contributed by atoms with Gasteiger partial charge in [0.2, 0.25) is 0 Å². The van der Waals surface area contributed by atoms with Crippen LogP contribution in [0.25, 0.3) is 0 Å². The molecule has 0 saturated heterocycles. The molecule has 0 aliphatic rings. The van der Waals surface area contributed by atoms with Crippen LogP contribution in [0.1, 0.15) is 12.5 Å². The summed E-state index contributed by atoms with van der Waals surface area (Å²) in [6.07, 6.45) is -5.55. The first kappa shape index (κ1) is 17.1. The Morgan fingerprint density at radius 3 is 2.52 bits per heavy atom. The maximum atomic E-state index is 12.9. The Balaban J connectivity index is 2.10. The van der Waals surface area contributed by atoms with Crippen molar-refractivity contribution in [2.24, 2.45) is 0 Å². The number of amides is 1. The topological polar surface area (TPSA) is 38.3 Å². The molecule has 0 saturated carbocycles. The highest BCUT2D eigenvalue weighted by molar-refractivity contribution is 6.30. The Kier molecular flexibility index (Phi) is 5.15. The van der Waals surface area contributed by atoms with Crippen molar-refractivity contribution >= 4 is 23.2 Å². The summed E-state index contributed by atoms with van der Waals surface area (Å²) in [6.45, 7) is 1.44. The average Bonchev–Trinajstić information content (AvgIpc) is 2.46. The molecule has 2 aromatic carbocycles. The molecule has 0 bridgehead atoms. The van der Waals surface area contributed by atoms with Gasteiger partial charge in [-0.3, -0.25) is 4.79 Å². The number of nitrogens with one attached hydrogen (secondary N) is 1. The van der Waals surface area contributed by atoms with Gasteiger partial charge in [-0.1, -0.05) is 29.8 Å². The number of ether oxygens (including phenoxy) is 1. The van der Waals surface area contributed by atoms with Crippen LogP contribution in [0.4, 0.5) is 18.9 Å². The summed E-state index contributed by atoms with van der Waals surface area (Å²) in [6, 6.07) is 11.1. The average molecular weight is 344 g/mol. The fraction of sp³-hybridized carbons (Fsp3) is 0.188. The van der Waals surface area contributed by atoms with Crippen molar-refractivity contribution in [3.8, 4) is 5.75 Å². The Labute approximate surface area is 136 Å². The summed E-state index contributed by atoms with van der Waals surface area (Å²) < 4.78 is 44.1. The zero-order valence-electron chi connectivity index (χ0n) is 12.0. The molecule has 2 aromatic rings. The van der Waals surface area contributed by atoms with Crippen molar-refractivity contribution in [3.05, 3.63) is 59.1 Å². The number of rotatable bonds is 4. The Morgan fingerprint density at radius 2 is 1.87 bits per heavy atom. The Bertz CT molecular complexity index is 704. The van der Waals surface area contributed by atoms with Crippen LogP contribution in [-0.2, 0) is 11.0 Å². The number of anilines is 1. The number of carbonyl (C=O) groups is 1. The van der Waals surface area contributed by atoms with Crippen molar-refractivity contribution in [3.63, 3.8) is 0 Å². The molecule has 23 heavy (non-hydrogen) atoms. The largest absolute Gasteiger partial charge is 0.481 e. The second-order valence-corrected chi connectivity index (χ2v) is 5.19. The third-order valence-electron chi connectivity index (χ3n) is 2.97. The van der Waals surface area contributed by atoms with E-state index in [0.29, 0.717) is 10.8 Å². The highest BCUT2D eigenvalue weighted by Crippen LogP contribution is 2.34. The predicted octanol–water partition coefficient (Wildman–Crippen LogP) is 4.76. The van der Waals surface area contributed by atoms with E-state index in [0.717, 1.165) is 6.07 Å². The van der Waals surface area contributed by atoms with E-state index in [1.165, 1.54) is 31.2 Å². The summed E-state index contributed by atoms with van der Waals surface area (Å²) in [4.78, 5) is 12.0. The summed E-state index contributed by atoms with van der Waals surface area (Å²) >= 11 is 5.80. The van der Waals surface area contributed by atoms with Gasteiger partial charge in [0.1, 0.15) is 5.75 Å². The standard InChI is InChI=1S/C16H13ClF3NO2/c1-10(23-12-6-4-5-11(17)9-12)15(22)21-14-8-3-2-7-13(14)16(18,19)20/h2-10H,1H3,(H,21,22)/t10-/m0/s1. The fourth-order valence-electron chi connectivity index (χ4n) is 1.87. The smallest absolute Gasteiger partial charge is 0.418 e. The number of para-hydroxylation sites is 1. The van der Waals surface area contributed by atoms with E-state index in [9.17, 15) is 18.0 Å². The molecule has 0 unspecified atom stereocenters. The van der Waals surface area contributed by atoms with Crippen LogP contribution in [-0.4, -0.2) is 12.0 Å². The minimum absolute atomic E-state index is 0.313. The van der Waals surface area contributed by atoms with Gasteiger partial charge in [-0.25, -0.2) is 0 Å². The molecule has 3 nitrogen and oxygen atoms in total. The SMILES string of the molecule is C[C@H](Oc1cccc(Cl)c1)C(=O)Nc1ccccc1C(F)(F)F. The molecule has 1 N–H and O–H groups in total. The molecule has 0 aromatic heterocycles. The molecule has 2 rings (SSSR count). The minimum atomic E-state index is -4.55. The zero-order chi connectivity index (χ0) is 17.0. The maximum Gasteiger partial charge on any atom is 0.418 e. The van der Waals surface area contributed by atoms with Crippen LogP contribution < -0.4 is 10.1 Å². The summed E-state index contributed by atoms with van der Waals surface area (Å²) in [7, 11) is 0. The first-order valence-electron chi connectivity index (χ1n) is 6.66. The second kappa shape index (κ2) is 6.91. The lowest BCUT2D eigenvalue weighted by Gasteiger charge is -2.17. The summed E-state index contributed by atoms with van der Waals surface area (Å²) in [5, 5.41) is 2.66. The normalized spacial score (nSPS) is 12.6. The molecular formula is C16H13ClF3NO2. The van der Waals surface area contributed by atoms with Crippen molar-refractivity contribution in [1.29, 1.82) is 0 Å². The van der Waals surface area contributed by atoms with Gasteiger partial charge in [-0.05, 0) is 37.3 Å². The maximum absolute atomic E-state index is 12.9. The van der Waals surface area contributed by atoms with Gasteiger partial charge in [-0.2, -0.15) is 13.2 Å². The van der Waals surface area contributed by atoms with Gasteiger partial charge >= 0.3 is 6.18 Å². The lowest BCUT2D eigenvalue weighted by atomic mass is 10.1. The Hall–Kier alpha value is -2.21. The highest BCUT2D eigenvalue weighted by Gasteiger charge is 2.34. The van der Waals surface area contributed by atoms with Gasteiger partial charge in [0, 0.05) is 5.02 Å². The fourth-order valence-corrected chi connectivity index (χ4v) is 2.05. The molecule has 0 radical (unpaired) electrons. The van der Waals surface area contributed by atoms with Crippen LogP contribution in [0.2, 0.25) is 5.02 Å². The van der Waals surface area contributed by atoms with Gasteiger partial charge in [0.05, 0.1) is 11.3 Å². The third-order valence-corrected chi connectivity index (χ3v) is 3.20. The van der Waals surface area contributed by atoms with Crippen LogP contribution in [0.5, 0.6) is 5.75 Å². The van der Waals surface area contributed by atoms with Crippen LogP contribution in [0, 0.1) is 0 Å². The Morgan fingerprint density at radius 1 is 1.17 bits per heavy atom. The van der Waals surface area contributed by atoms with Crippen molar-refractivity contribution in [2.75, 3.05) is 5.32 Å². The lowest BCUT2D eigenvalue weighted by Crippen LogP contribution is -2.31. The zero-order valence-corrected chi connectivity index (χ0v) is 12.8. The first-order valence-corrected chi connectivity index (χ1v) is 7.04.